The van der Waals surface area contributed by atoms with Gasteiger partial charge in [0.05, 0.1) is 4.47 Å². The van der Waals surface area contributed by atoms with E-state index in [1.165, 1.54) is 5.56 Å². The molecule has 96 valence electrons. The highest BCUT2D eigenvalue weighted by Gasteiger charge is 2.03. The van der Waals surface area contributed by atoms with Crippen LogP contribution < -0.4 is 5.32 Å². The maximum Gasteiger partial charge on any atom is 0.140 e. The number of aryl methyl sites for hydroxylation is 1. The monoisotopic (exact) mass is 299 g/mol. The molecular formula is C13H22BrN3. The molecule has 0 fully saturated rings. The molecule has 0 spiro atoms. The quantitative estimate of drug-likeness (QED) is 0.783. The summed E-state index contributed by atoms with van der Waals surface area (Å²) in [6.07, 6.45) is 2.98. The van der Waals surface area contributed by atoms with Gasteiger partial charge in [-0.05, 0) is 60.5 Å². The molecule has 0 aromatic carbocycles. The van der Waals surface area contributed by atoms with Gasteiger partial charge in [0.1, 0.15) is 5.82 Å². The van der Waals surface area contributed by atoms with Gasteiger partial charge in [-0.2, -0.15) is 0 Å². The lowest BCUT2D eigenvalue weighted by Crippen LogP contribution is -2.25. The molecule has 0 saturated carbocycles. The first kappa shape index (κ1) is 14.5. The van der Waals surface area contributed by atoms with E-state index in [0.29, 0.717) is 0 Å². The third kappa shape index (κ3) is 4.64. The van der Waals surface area contributed by atoms with Gasteiger partial charge in [-0.3, -0.25) is 0 Å². The molecule has 1 rings (SSSR count). The molecule has 4 heteroatoms. The van der Waals surface area contributed by atoms with Crippen LogP contribution in [0.25, 0.3) is 0 Å². The molecule has 0 radical (unpaired) electrons. The van der Waals surface area contributed by atoms with Crippen molar-refractivity contribution >= 4 is 21.7 Å². The predicted octanol–water partition coefficient (Wildman–Crippen LogP) is 3.30. The van der Waals surface area contributed by atoms with Crippen LogP contribution in [0.15, 0.2) is 16.7 Å². The molecule has 17 heavy (non-hydrogen) atoms. The summed E-state index contributed by atoms with van der Waals surface area (Å²) in [7, 11) is 0. The van der Waals surface area contributed by atoms with Crippen LogP contribution in [0, 0.1) is 6.92 Å². The summed E-state index contributed by atoms with van der Waals surface area (Å²) in [5.74, 6) is 0.949. The maximum atomic E-state index is 4.32. The number of aromatic nitrogens is 1. The van der Waals surface area contributed by atoms with E-state index in [1.807, 2.05) is 12.3 Å². The highest BCUT2D eigenvalue weighted by Crippen LogP contribution is 2.22. The molecular weight excluding hydrogens is 278 g/mol. The van der Waals surface area contributed by atoms with Crippen molar-refractivity contribution in [3.05, 3.63) is 22.3 Å². The van der Waals surface area contributed by atoms with Crippen LogP contribution in [-0.4, -0.2) is 36.1 Å². The highest BCUT2D eigenvalue weighted by atomic mass is 79.9. The van der Waals surface area contributed by atoms with Crippen LogP contribution in [0.2, 0.25) is 0 Å². The number of anilines is 1. The molecule has 1 heterocycles. The molecule has 0 bridgehead atoms. The number of nitrogens with zero attached hydrogens (tertiary/aromatic N) is 2. The molecule has 0 saturated heterocycles. The van der Waals surface area contributed by atoms with Crippen molar-refractivity contribution in [1.82, 2.24) is 9.88 Å². The van der Waals surface area contributed by atoms with Gasteiger partial charge >= 0.3 is 0 Å². The number of rotatable bonds is 7. The largest absolute Gasteiger partial charge is 0.369 e. The third-order valence-electron chi connectivity index (χ3n) is 2.92. The lowest BCUT2D eigenvalue weighted by molar-refractivity contribution is 0.303. The van der Waals surface area contributed by atoms with Gasteiger partial charge in [-0.15, -0.1) is 0 Å². The second-order valence-electron chi connectivity index (χ2n) is 4.10. The summed E-state index contributed by atoms with van der Waals surface area (Å²) in [6.45, 7) is 10.8. The lowest BCUT2D eigenvalue weighted by Gasteiger charge is -2.18. The fourth-order valence-electron chi connectivity index (χ4n) is 1.71. The summed E-state index contributed by atoms with van der Waals surface area (Å²) in [4.78, 5) is 6.76. The molecule has 0 aliphatic heterocycles. The van der Waals surface area contributed by atoms with Gasteiger partial charge in [0, 0.05) is 12.7 Å². The Hall–Kier alpha value is -0.610. The molecule has 0 unspecified atom stereocenters. The first-order valence-corrected chi connectivity index (χ1v) is 7.05. The van der Waals surface area contributed by atoms with Crippen molar-refractivity contribution < 1.29 is 0 Å². The van der Waals surface area contributed by atoms with Crippen LogP contribution in [-0.2, 0) is 0 Å². The fraction of sp³-hybridized carbons (Fsp3) is 0.615. The standard InChI is InChI=1S/C13H22BrN3/c1-4-17(5-2)10-6-8-15-13-12(14)11(3)7-9-16-13/h7,9H,4-6,8,10H2,1-3H3,(H,15,16). The van der Waals surface area contributed by atoms with E-state index in [4.69, 9.17) is 0 Å². The van der Waals surface area contributed by atoms with Crippen molar-refractivity contribution in [2.24, 2.45) is 0 Å². The minimum absolute atomic E-state index is 0.949. The van der Waals surface area contributed by atoms with Gasteiger partial charge in [0.15, 0.2) is 0 Å². The average Bonchev–Trinajstić information content (AvgIpc) is 2.34. The first-order valence-electron chi connectivity index (χ1n) is 6.26. The van der Waals surface area contributed by atoms with Crippen LogP contribution in [0.3, 0.4) is 0 Å². The molecule has 3 nitrogen and oxygen atoms in total. The van der Waals surface area contributed by atoms with Gasteiger partial charge in [-0.25, -0.2) is 4.98 Å². The van der Waals surface area contributed by atoms with E-state index in [1.54, 1.807) is 0 Å². The molecule has 1 N–H and O–H groups in total. The smallest absolute Gasteiger partial charge is 0.140 e. The SMILES string of the molecule is CCN(CC)CCCNc1nccc(C)c1Br. The van der Waals surface area contributed by atoms with E-state index in [-0.39, 0.29) is 0 Å². The maximum absolute atomic E-state index is 4.32. The minimum atomic E-state index is 0.949. The lowest BCUT2D eigenvalue weighted by atomic mass is 10.3. The average molecular weight is 300 g/mol. The third-order valence-corrected chi connectivity index (χ3v) is 3.92. The molecule has 0 atom stereocenters. The van der Waals surface area contributed by atoms with E-state index >= 15 is 0 Å². The Morgan fingerprint density at radius 2 is 2.06 bits per heavy atom. The van der Waals surface area contributed by atoms with E-state index < -0.39 is 0 Å². The van der Waals surface area contributed by atoms with Crippen molar-refractivity contribution in [1.29, 1.82) is 0 Å². The van der Waals surface area contributed by atoms with Gasteiger partial charge < -0.3 is 10.2 Å². The van der Waals surface area contributed by atoms with E-state index in [9.17, 15) is 0 Å². The van der Waals surface area contributed by atoms with Crippen LogP contribution in [0.4, 0.5) is 5.82 Å². The molecule has 1 aromatic rings. The Balaban J connectivity index is 2.33. The number of pyridine rings is 1. The second kappa shape index (κ2) is 7.67. The predicted molar refractivity (Wildman–Crippen MR) is 77.6 cm³/mol. The van der Waals surface area contributed by atoms with Crippen molar-refractivity contribution in [3.63, 3.8) is 0 Å². The number of nitrogens with one attached hydrogen (secondary N) is 1. The first-order chi connectivity index (χ1) is 8.19. The molecule has 1 aromatic heterocycles. The van der Waals surface area contributed by atoms with Crippen molar-refractivity contribution in [2.45, 2.75) is 27.2 Å². The number of hydrogen-bond acceptors (Lipinski definition) is 3. The summed E-state index contributed by atoms with van der Waals surface area (Å²) in [6, 6.07) is 2.01. The van der Waals surface area contributed by atoms with E-state index in [0.717, 1.165) is 42.9 Å². The highest BCUT2D eigenvalue weighted by molar-refractivity contribution is 9.10. The Kier molecular flexibility index (Phi) is 6.52. The summed E-state index contributed by atoms with van der Waals surface area (Å²) in [5.41, 5.74) is 1.21. The summed E-state index contributed by atoms with van der Waals surface area (Å²) >= 11 is 3.55. The molecule has 0 aliphatic rings. The molecule has 0 aliphatic carbocycles. The Morgan fingerprint density at radius 3 is 2.71 bits per heavy atom. The Morgan fingerprint density at radius 1 is 1.35 bits per heavy atom. The molecule has 0 amide bonds. The van der Waals surface area contributed by atoms with Crippen LogP contribution in [0.1, 0.15) is 25.8 Å². The van der Waals surface area contributed by atoms with Crippen molar-refractivity contribution in [3.8, 4) is 0 Å². The zero-order valence-corrected chi connectivity index (χ0v) is 12.5. The summed E-state index contributed by atoms with van der Waals surface area (Å²) in [5, 5.41) is 3.37. The van der Waals surface area contributed by atoms with Gasteiger partial charge in [-0.1, -0.05) is 13.8 Å². The number of halogens is 1. The topological polar surface area (TPSA) is 28.2 Å². The normalized spacial score (nSPS) is 10.9. The Labute approximate surface area is 113 Å². The summed E-state index contributed by atoms with van der Waals surface area (Å²) < 4.78 is 1.07. The van der Waals surface area contributed by atoms with Crippen LogP contribution >= 0.6 is 15.9 Å². The zero-order chi connectivity index (χ0) is 12.7. The second-order valence-corrected chi connectivity index (χ2v) is 4.89. The van der Waals surface area contributed by atoms with Gasteiger partial charge in [0.25, 0.3) is 0 Å². The van der Waals surface area contributed by atoms with E-state index in [2.05, 4.69) is 51.9 Å². The van der Waals surface area contributed by atoms with Gasteiger partial charge in [0.2, 0.25) is 0 Å². The number of hydrogen-bond donors (Lipinski definition) is 1. The van der Waals surface area contributed by atoms with Crippen LogP contribution in [0.5, 0.6) is 0 Å². The zero-order valence-electron chi connectivity index (χ0n) is 11.0. The fourth-order valence-corrected chi connectivity index (χ4v) is 2.09. The van der Waals surface area contributed by atoms with Crippen molar-refractivity contribution in [2.75, 3.05) is 31.5 Å². The Bertz CT molecular complexity index is 337. The minimum Gasteiger partial charge on any atom is -0.369 e.